The fraction of sp³-hybridized carbons (Fsp3) is 0.296. The number of hydroxylamine groups is 1. The van der Waals surface area contributed by atoms with Gasteiger partial charge in [-0.3, -0.25) is 19.8 Å². The van der Waals surface area contributed by atoms with E-state index in [-0.39, 0.29) is 0 Å². The fourth-order valence-electron chi connectivity index (χ4n) is 4.54. The van der Waals surface area contributed by atoms with E-state index in [0.29, 0.717) is 12.1 Å². The number of hydrogen-bond donors (Lipinski definition) is 2. The fourth-order valence-corrected chi connectivity index (χ4v) is 4.54. The number of amides is 1. The summed E-state index contributed by atoms with van der Waals surface area (Å²) in [5, 5.41) is 8.57. The standard InChI is InChI=1S/C27H31N3O3/c1-20-16-29(18-23-9-12-25(13-10-23)26-4-3-15-33-26)17-21(2)30(20)19-24-7-5-22(6-8-24)11-14-27(31)28-32/h3-15,20-21,32H,16-19H2,1-2H3,(H,28,31)/t20-,21+. The first-order chi connectivity index (χ1) is 16.0. The molecule has 0 saturated carbocycles. The summed E-state index contributed by atoms with van der Waals surface area (Å²) >= 11 is 0. The van der Waals surface area contributed by atoms with E-state index in [1.165, 1.54) is 17.2 Å². The van der Waals surface area contributed by atoms with Crippen LogP contribution in [0.1, 0.15) is 30.5 Å². The van der Waals surface area contributed by atoms with Gasteiger partial charge in [0, 0.05) is 49.9 Å². The molecule has 0 aliphatic carbocycles. The van der Waals surface area contributed by atoms with Crippen molar-refractivity contribution < 1.29 is 14.4 Å². The Morgan fingerprint density at radius 2 is 1.64 bits per heavy atom. The Morgan fingerprint density at radius 3 is 2.24 bits per heavy atom. The van der Waals surface area contributed by atoms with Crippen molar-refractivity contribution in [3.8, 4) is 11.3 Å². The second-order valence-corrected chi connectivity index (χ2v) is 8.79. The van der Waals surface area contributed by atoms with Gasteiger partial charge in [0.25, 0.3) is 5.91 Å². The molecule has 2 heterocycles. The van der Waals surface area contributed by atoms with Crippen LogP contribution in [-0.2, 0) is 17.9 Å². The number of nitrogens with one attached hydrogen (secondary N) is 1. The number of hydrogen-bond acceptors (Lipinski definition) is 5. The quantitative estimate of drug-likeness (QED) is 0.317. The van der Waals surface area contributed by atoms with E-state index in [9.17, 15) is 4.79 Å². The van der Waals surface area contributed by atoms with Gasteiger partial charge in [0.2, 0.25) is 0 Å². The van der Waals surface area contributed by atoms with E-state index in [1.807, 2.05) is 24.3 Å². The summed E-state index contributed by atoms with van der Waals surface area (Å²) in [6, 6.07) is 21.6. The molecule has 0 bridgehead atoms. The molecule has 3 aromatic rings. The highest BCUT2D eigenvalue weighted by molar-refractivity contribution is 5.90. The zero-order valence-electron chi connectivity index (χ0n) is 19.1. The average molecular weight is 446 g/mol. The lowest BCUT2D eigenvalue weighted by Gasteiger charge is -2.44. The molecule has 4 rings (SSSR count). The number of rotatable bonds is 7. The normalized spacial score (nSPS) is 19.7. The summed E-state index contributed by atoms with van der Waals surface area (Å²) in [5.74, 6) is 0.366. The minimum atomic E-state index is -0.534. The molecule has 2 atom stereocenters. The van der Waals surface area contributed by atoms with E-state index < -0.39 is 5.91 Å². The lowest BCUT2D eigenvalue weighted by atomic mass is 10.0. The third kappa shape index (κ3) is 5.99. The molecule has 1 amide bonds. The van der Waals surface area contributed by atoms with Gasteiger partial charge in [-0.1, -0.05) is 48.5 Å². The summed E-state index contributed by atoms with van der Waals surface area (Å²) in [4.78, 5) is 16.2. The number of benzene rings is 2. The van der Waals surface area contributed by atoms with E-state index in [4.69, 9.17) is 9.62 Å². The maximum Gasteiger partial charge on any atom is 0.267 e. The van der Waals surface area contributed by atoms with Crippen molar-refractivity contribution in [3.63, 3.8) is 0 Å². The number of piperazine rings is 1. The molecular formula is C27H31N3O3. The number of carbonyl (C=O) groups excluding carboxylic acids is 1. The summed E-state index contributed by atoms with van der Waals surface area (Å²) in [6.45, 7) is 8.50. The molecule has 1 fully saturated rings. The van der Waals surface area contributed by atoms with Crippen LogP contribution in [0, 0.1) is 0 Å². The van der Waals surface area contributed by atoms with Gasteiger partial charge >= 0.3 is 0 Å². The van der Waals surface area contributed by atoms with Crippen LogP contribution in [0.4, 0.5) is 0 Å². The van der Waals surface area contributed by atoms with Gasteiger partial charge in [0.05, 0.1) is 6.26 Å². The molecule has 1 aliphatic rings. The topological polar surface area (TPSA) is 69.0 Å². The lowest BCUT2D eigenvalue weighted by molar-refractivity contribution is -0.124. The van der Waals surface area contributed by atoms with Gasteiger partial charge in [-0.2, -0.15) is 0 Å². The molecule has 0 radical (unpaired) electrons. The van der Waals surface area contributed by atoms with Gasteiger partial charge in [-0.25, -0.2) is 5.48 Å². The average Bonchev–Trinajstić information content (AvgIpc) is 3.36. The molecule has 6 heteroatoms. The highest BCUT2D eigenvalue weighted by atomic mass is 16.5. The van der Waals surface area contributed by atoms with Crippen LogP contribution in [0.5, 0.6) is 0 Å². The third-order valence-corrected chi connectivity index (χ3v) is 6.23. The monoisotopic (exact) mass is 445 g/mol. The minimum absolute atomic E-state index is 0.448. The molecule has 1 aromatic heterocycles. The third-order valence-electron chi connectivity index (χ3n) is 6.23. The van der Waals surface area contributed by atoms with Crippen molar-refractivity contribution >= 4 is 12.0 Å². The molecule has 0 spiro atoms. The predicted molar refractivity (Wildman–Crippen MR) is 129 cm³/mol. The SMILES string of the molecule is C[C@@H]1CN(Cc2ccc(-c3ccco3)cc2)C[C@H](C)N1Cc1ccc(C=CC(=O)NO)cc1. The Bertz CT molecular complexity index is 1050. The van der Waals surface area contributed by atoms with Gasteiger partial charge in [-0.15, -0.1) is 0 Å². The maximum absolute atomic E-state index is 11.1. The molecule has 2 aromatic carbocycles. The molecule has 1 aliphatic heterocycles. The molecule has 2 N–H and O–H groups in total. The zero-order valence-corrected chi connectivity index (χ0v) is 19.1. The van der Waals surface area contributed by atoms with Crippen molar-refractivity contribution in [1.29, 1.82) is 0 Å². The molecule has 33 heavy (non-hydrogen) atoms. The van der Waals surface area contributed by atoms with Crippen LogP contribution in [0.15, 0.2) is 77.4 Å². The molecule has 172 valence electrons. The second kappa shape index (κ2) is 10.6. The molecule has 1 saturated heterocycles. The van der Waals surface area contributed by atoms with Gasteiger partial charge in [0.15, 0.2) is 0 Å². The highest BCUT2D eigenvalue weighted by Crippen LogP contribution is 2.23. The Morgan fingerprint density at radius 1 is 1.00 bits per heavy atom. The predicted octanol–water partition coefficient (Wildman–Crippen LogP) is 4.56. The van der Waals surface area contributed by atoms with Crippen molar-refractivity contribution in [3.05, 3.63) is 89.7 Å². The Kier molecular flexibility index (Phi) is 7.40. The van der Waals surface area contributed by atoms with Crippen LogP contribution >= 0.6 is 0 Å². The van der Waals surface area contributed by atoms with E-state index in [0.717, 1.165) is 43.1 Å². The molecule has 0 unspecified atom stereocenters. The summed E-state index contributed by atoms with van der Waals surface area (Å²) < 4.78 is 5.49. The summed E-state index contributed by atoms with van der Waals surface area (Å²) in [7, 11) is 0. The van der Waals surface area contributed by atoms with Gasteiger partial charge < -0.3 is 4.42 Å². The van der Waals surface area contributed by atoms with Crippen molar-refractivity contribution in [2.75, 3.05) is 13.1 Å². The van der Waals surface area contributed by atoms with Crippen LogP contribution in [0.25, 0.3) is 17.4 Å². The number of furan rings is 1. The Balaban J connectivity index is 1.32. The van der Waals surface area contributed by atoms with Crippen molar-refractivity contribution in [2.24, 2.45) is 0 Å². The zero-order chi connectivity index (χ0) is 23.2. The largest absolute Gasteiger partial charge is 0.464 e. The first-order valence-corrected chi connectivity index (χ1v) is 11.3. The van der Waals surface area contributed by atoms with E-state index in [1.54, 1.807) is 17.8 Å². The first kappa shape index (κ1) is 23.0. The van der Waals surface area contributed by atoms with Gasteiger partial charge in [0.1, 0.15) is 5.76 Å². The summed E-state index contributed by atoms with van der Waals surface area (Å²) in [5.41, 5.74) is 6.19. The van der Waals surface area contributed by atoms with Crippen molar-refractivity contribution in [1.82, 2.24) is 15.3 Å². The van der Waals surface area contributed by atoms with E-state index >= 15 is 0 Å². The minimum Gasteiger partial charge on any atom is -0.464 e. The van der Waals surface area contributed by atoms with Crippen LogP contribution in [0.2, 0.25) is 0 Å². The van der Waals surface area contributed by atoms with Gasteiger partial charge in [-0.05, 0) is 48.7 Å². The first-order valence-electron chi connectivity index (χ1n) is 11.3. The van der Waals surface area contributed by atoms with E-state index in [2.05, 4.69) is 60.0 Å². The Labute approximate surface area is 195 Å². The van der Waals surface area contributed by atoms with Crippen molar-refractivity contribution in [2.45, 2.75) is 39.0 Å². The van der Waals surface area contributed by atoms with Crippen LogP contribution in [0.3, 0.4) is 0 Å². The molecular weight excluding hydrogens is 414 g/mol. The van der Waals surface area contributed by atoms with Crippen LogP contribution in [-0.4, -0.2) is 46.1 Å². The smallest absolute Gasteiger partial charge is 0.267 e. The highest BCUT2D eigenvalue weighted by Gasteiger charge is 2.29. The molecule has 6 nitrogen and oxygen atoms in total. The van der Waals surface area contributed by atoms with Crippen LogP contribution < -0.4 is 5.48 Å². The second-order valence-electron chi connectivity index (χ2n) is 8.79. The number of carbonyl (C=O) groups is 1. The maximum atomic E-state index is 11.1. The number of nitrogens with zero attached hydrogens (tertiary/aromatic N) is 2. The lowest BCUT2D eigenvalue weighted by Crippen LogP contribution is -2.55. The Hall–Kier alpha value is -3.19. The summed E-state index contributed by atoms with van der Waals surface area (Å²) in [6.07, 6.45) is 4.69.